The van der Waals surface area contributed by atoms with Crippen molar-refractivity contribution in [1.29, 1.82) is 0 Å². The van der Waals surface area contributed by atoms with E-state index < -0.39 is 0 Å². The smallest absolute Gasteiger partial charge is 0.239 e. The first-order valence-electron chi connectivity index (χ1n) is 8.18. The largest absolute Gasteiger partial charge is 0.353 e. The zero-order chi connectivity index (χ0) is 16.2. The van der Waals surface area contributed by atoms with Gasteiger partial charge in [-0.1, -0.05) is 0 Å². The number of amides is 2. The monoisotopic (exact) mass is 317 g/mol. The van der Waals surface area contributed by atoms with E-state index in [2.05, 4.69) is 20.2 Å². The van der Waals surface area contributed by atoms with Crippen LogP contribution in [0.15, 0.2) is 12.3 Å². The summed E-state index contributed by atoms with van der Waals surface area (Å²) >= 11 is 0. The summed E-state index contributed by atoms with van der Waals surface area (Å²) in [6.07, 6.45) is 3.75. The minimum atomic E-state index is -0.0695. The summed E-state index contributed by atoms with van der Waals surface area (Å²) < 4.78 is 0. The van der Waals surface area contributed by atoms with Crippen molar-refractivity contribution in [3.8, 4) is 0 Å². The number of hydrogen-bond acceptors (Lipinski definition) is 5. The van der Waals surface area contributed by atoms with Crippen LogP contribution in [0.4, 0.5) is 0 Å². The molecule has 0 aliphatic carbocycles. The lowest BCUT2D eigenvalue weighted by Gasteiger charge is -2.33. The lowest BCUT2D eigenvalue weighted by Crippen LogP contribution is -2.52. The highest BCUT2D eigenvalue weighted by Crippen LogP contribution is 2.25. The number of carbonyl (C=O) groups is 2. The molecule has 0 radical (unpaired) electrons. The number of piperazine rings is 1. The van der Waals surface area contributed by atoms with Crippen molar-refractivity contribution in [2.24, 2.45) is 0 Å². The molecule has 2 aliphatic heterocycles. The summed E-state index contributed by atoms with van der Waals surface area (Å²) in [5.41, 5.74) is 0.996. The van der Waals surface area contributed by atoms with Crippen LogP contribution in [0.25, 0.3) is 0 Å². The number of nitrogens with one attached hydrogen (secondary N) is 1. The van der Waals surface area contributed by atoms with Crippen LogP contribution in [-0.2, 0) is 9.59 Å². The number of aromatic nitrogens is 2. The van der Waals surface area contributed by atoms with E-state index in [0.29, 0.717) is 25.6 Å². The summed E-state index contributed by atoms with van der Waals surface area (Å²) in [5, 5.41) is 2.74. The van der Waals surface area contributed by atoms with E-state index in [4.69, 9.17) is 0 Å². The predicted octanol–water partition coefficient (Wildman–Crippen LogP) is -0.0772. The number of aryl methyl sites for hydroxylation is 1. The third-order valence-electron chi connectivity index (χ3n) is 4.52. The van der Waals surface area contributed by atoms with Crippen molar-refractivity contribution in [2.45, 2.75) is 25.7 Å². The molecule has 23 heavy (non-hydrogen) atoms. The minimum absolute atomic E-state index is 0.0464. The van der Waals surface area contributed by atoms with Crippen LogP contribution in [0.2, 0.25) is 0 Å². The van der Waals surface area contributed by atoms with Gasteiger partial charge in [-0.25, -0.2) is 9.97 Å². The standard InChI is InChI=1S/C16H23N5O2/c1-12-2-5-18-16(19-12)13-3-7-20(8-4-13)11-15(23)21-9-6-17-14(22)10-21/h2,5,13H,3-4,6-11H2,1H3,(H,17,22). The molecule has 3 rings (SSSR count). The molecule has 0 aromatic carbocycles. The first kappa shape index (κ1) is 15.9. The van der Waals surface area contributed by atoms with Crippen molar-refractivity contribution in [1.82, 2.24) is 25.1 Å². The third-order valence-corrected chi connectivity index (χ3v) is 4.52. The van der Waals surface area contributed by atoms with Gasteiger partial charge in [0, 0.05) is 30.9 Å². The Morgan fingerprint density at radius 1 is 1.35 bits per heavy atom. The van der Waals surface area contributed by atoms with Gasteiger partial charge in [0.25, 0.3) is 0 Å². The first-order chi connectivity index (χ1) is 11.1. The highest BCUT2D eigenvalue weighted by molar-refractivity contribution is 5.86. The Morgan fingerprint density at radius 3 is 2.83 bits per heavy atom. The van der Waals surface area contributed by atoms with Gasteiger partial charge in [-0.05, 0) is 38.9 Å². The maximum atomic E-state index is 12.3. The van der Waals surface area contributed by atoms with Crippen LogP contribution in [0.1, 0.15) is 30.3 Å². The van der Waals surface area contributed by atoms with E-state index in [1.54, 1.807) is 4.90 Å². The molecule has 124 valence electrons. The number of piperidine rings is 1. The van der Waals surface area contributed by atoms with Gasteiger partial charge in [0.2, 0.25) is 11.8 Å². The van der Waals surface area contributed by atoms with Crippen LogP contribution < -0.4 is 5.32 Å². The van der Waals surface area contributed by atoms with E-state index >= 15 is 0 Å². The molecule has 7 nitrogen and oxygen atoms in total. The topological polar surface area (TPSA) is 78.4 Å². The van der Waals surface area contributed by atoms with Crippen LogP contribution in [0.3, 0.4) is 0 Å². The van der Waals surface area contributed by atoms with Gasteiger partial charge < -0.3 is 10.2 Å². The van der Waals surface area contributed by atoms with E-state index in [-0.39, 0.29) is 18.4 Å². The molecule has 0 bridgehead atoms. The van der Waals surface area contributed by atoms with E-state index in [0.717, 1.165) is 37.4 Å². The molecular formula is C16H23N5O2. The second-order valence-corrected chi connectivity index (χ2v) is 6.27. The summed E-state index contributed by atoms with van der Waals surface area (Å²) in [6, 6.07) is 1.91. The van der Waals surface area contributed by atoms with Gasteiger partial charge in [-0.3, -0.25) is 14.5 Å². The number of carbonyl (C=O) groups excluding carboxylic acids is 2. The third kappa shape index (κ3) is 4.04. The molecular weight excluding hydrogens is 294 g/mol. The maximum absolute atomic E-state index is 12.3. The molecule has 0 spiro atoms. The maximum Gasteiger partial charge on any atom is 0.239 e. The quantitative estimate of drug-likeness (QED) is 0.844. The Kier molecular flexibility index (Phi) is 4.85. The van der Waals surface area contributed by atoms with Gasteiger partial charge in [-0.2, -0.15) is 0 Å². The minimum Gasteiger partial charge on any atom is -0.353 e. The predicted molar refractivity (Wildman–Crippen MR) is 84.8 cm³/mol. The molecule has 1 N–H and O–H groups in total. The van der Waals surface area contributed by atoms with Crippen LogP contribution in [-0.4, -0.2) is 70.9 Å². The lowest BCUT2D eigenvalue weighted by molar-refractivity contribution is -0.139. The van der Waals surface area contributed by atoms with E-state index in [9.17, 15) is 9.59 Å². The molecule has 0 unspecified atom stereocenters. The van der Waals surface area contributed by atoms with Gasteiger partial charge >= 0.3 is 0 Å². The van der Waals surface area contributed by atoms with Gasteiger partial charge in [0.05, 0.1) is 13.1 Å². The van der Waals surface area contributed by atoms with E-state index in [1.807, 2.05) is 19.2 Å². The number of rotatable bonds is 3. The summed E-state index contributed by atoms with van der Waals surface area (Å²) in [4.78, 5) is 36.4. The molecule has 7 heteroatoms. The van der Waals surface area contributed by atoms with Crippen LogP contribution in [0.5, 0.6) is 0 Å². The molecule has 2 saturated heterocycles. The zero-order valence-corrected chi connectivity index (χ0v) is 13.5. The molecule has 2 fully saturated rings. The first-order valence-corrected chi connectivity index (χ1v) is 8.18. The average Bonchev–Trinajstić information content (AvgIpc) is 2.55. The van der Waals surface area contributed by atoms with E-state index in [1.165, 1.54) is 0 Å². The van der Waals surface area contributed by atoms with Crippen LogP contribution in [0, 0.1) is 6.92 Å². The fraction of sp³-hybridized carbons (Fsp3) is 0.625. The summed E-state index contributed by atoms with van der Waals surface area (Å²) in [6.45, 7) is 5.46. The van der Waals surface area contributed by atoms with Crippen molar-refractivity contribution < 1.29 is 9.59 Å². The van der Waals surface area contributed by atoms with Gasteiger partial charge in [0.1, 0.15) is 5.82 Å². The fourth-order valence-electron chi connectivity index (χ4n) is 3.16. The number of hydrogen-bond donors (Lipinski definition) is 1. The summed E-state index contributed by atoms with van der Waals surface area (Å²) in [7, 11) is 0. The lowest BCUT2D eigenvalue weighted by atomic mass is 9.96. The second kappa shape index (κ2) is 7.04. The molecule has 1 aromatic rings. The average molecular weight is 317 g/mol. The molecule has 3 heterocycles. The zero-order valence-electron chi connectivity index (χ0n) is 13.5. The van der Waals surface area contributed by atoms with Crippen molar-refractivity contribution in [3.63, 3.8) is 0 Å². The molecule has 1 aromatic heterocycles. The fourth-order valence-corrected chi connectivity index (χ4v) is 3.16. The van der Waals surface area contributed by atoms with Crippen LogP contribution >= 0.6 is 0 Å². The number of likely N-dealkylation sites (tertiary alicyclic amines) is 1. The normalized spacial score (nSPS) is 20.4. The SMILES string of the molecule is Cc1ccnc(C2CCN(CC(=O)N3CCNC(=O)C3)CC2)n1. The van der Waals surface area contributed by atoms with Crippen molar-refractivity contribution in [2.75, 3.05) is 39.3 Å². The highest BCUT2D eigenvalue weighted by Gasteiger charge is 2.27. The Morgan fingerprint density at radius 2 is 2.13 bits per heavy atom. The Hall–Kier alpha value is -2.02. The van der Waals surface area contributed by atoms with Gasteiger partial charge in [-0.15, -0.1) is 0 Å². The molecule has 2 aliphatic rings. The number of nitrogens with zero attached hydrogens (tertiary/aromatic N) is 4. The van der Waals surface area contributed by atoms with Gasteiger partial charge in [0.15, 0.2) is 0 Å². The highest BCUT2D eigenvalue weighted by atomic mass is 16.2. The van der Waals surface area contributed by atoms with Crippen molar-refractivity contribution >= 4 is 11.8 Å². The summed E-state index contributed by atoms with van der Waals surface area (Å²) in [5.74, 6) is 1.27. The molecule has 2 amide bonds. The van der Waals surface area contributed by atoms with Crippen molar-refractivity contribution in [3.05, 3.63) is 23.8 Å². The Labute approximate surface area is 136 Å². The Balaban J connectivity index is 1.49. The Bertz CT molecular complexity index is 584. The molecule has 0 atom stereocenters. The second-order valence-electron chi connectivity index (χ2n) is 6.27. The molecule has 0 saturated carbocycles.